The highest BCUT2D eigenvalue weighted by atomic mass is 32.2. The molecule has 0 unspecified atom stereocenters. The molecule has 2 aromatic carbocycles. The zero-order valence-corrected chi connectivity index (χ0v) is 15.8. The van der Waals surface area contributed by atoms with E-state index in [0.717, 1.165) is 28.1 Å². The molecule has 0 atom stereocenters. The second-order valence-electron chi connectivity index (χ2n) is 5.99. The van der Waals surface area contributed by atoms with E-state index in [1.807, 2.05) is 42.5 Å². The van der Waals surface area contributed by atoms with Crippen LogP contribution in [0.5, 0.6) is 5.75 Å². The van der Waals surface area contributed by atoms with Crippen LogP contribution in [0.3, 0.4) is 0 Å². The fourth-order valence-electron chi connectivity index (χ4n) is 2.76. The number of methoxy groups -OCH3 is 1. The van der Waals surface area contributed by atoms with Gasteiger partial charge < -0.3 is 10.1 Å². The van der Waals surface area contributed by atoms with Gasteiger partial charge in [0.05, 0.1) is 23.9 Å². The first kappa shape index (κ1) is 18.1. The van der Waals surface area contributed by atoms with E-state index in [1.54, 1.807) is 42.1 Å². The van der Waals surface area contributed by atoms with Crippen molar-refractivity contribution < 1.29 is 9.53 Å². The van der Waals surface area contributed by atoms with Crippen molar-refractivity contribution in [3.63, 3.8) is 0 Å². The Morgan fingerprint density at radius 2 is 1.77 bits per heavy atom. The van der Waals surface area contributed by atoms with Gasteiger partial charge in [-0.2, -0.15) is 0 Å². The van der Waals surface area contributed by atoms with Crippen LogP contribution in [0.15, 0.2) is 47.3 Å². The van der Waals surface area contributed by atoms with Gasteiger partial charge in [-0.3, -0.25) is 13.9 Å². The standard InChI is InChI=1S/C19H21N3O3S/c1-21-16-9-6-14(10-17(16)22(2)19(21)24)20-18(23)12-26-11-13-4-7-15(25-3)8-5-13/h4-10H,11-12H2,1-3H3,(H,20,23). The monoisotopic (exact) mass is 371 g/mol. The largest absolute Gasteiger partial charge is 0.497 e. The number of carbonyl (C=O) groups excluding carboxylic acids is 1. The summed E-state index contributed by atoms with van der Waals surface area (Å²) in [5, 5.41) is 2.89. The number of anilines is 1. The van der Waals surface area contributed by atoms with E-state index in [9.17, 15) is 9.59 Å². The van der Waals surface area contributed by atoms with Crippen LogP contribution in [0.1, 0.15) is 5.56 Å². The molecule has 3 rings (SSSR count). The van der Waals surface area contributed by atoms with Crippen molar-refractivity contribution in [2.24, 2.45) is 14.1 Å². The first-order valence-corrected chi connectivity index (χ1v) is 9.31. The molecule has 3 aromatic rings. The number of hydrogen-bond acceptors (Lipinski definition) is 4. The van der Waals surface area contributed by atoms with Crippen LogP contribution in [-0.2, 0) is 24.6 Å². The van der Waals surface area contributed by atoms with Crippen molar-refractivity contribution >= 4 is 34.4 Å². The van der Waals surface area contributed by atoms with Crippen molar-refractivity contribution in [3.05, 3.63) is 58.5 Å². The number of benzene rings is 2. The second-order valence-corrected chi connectivity index (χ2v) is 6.98. The quantitative estimate of drug-likeness (QED) is 0.724. The molecule has 0 aliphatic carbocycles. The summed E-state index contributed by atoms with van der Waals surface area (Å²) < 4.78 is 8.29. The molecule has 0 aliphatic heterocycles. The van der Waals surface area contributed by atoms with Crippen molar-refractivity contribution in [3.8, 4) is 5.75 Å². The van der Waals surface area contributed by atoms with Gasteiger partial charge in [-0.05, 0) is 35.9 Å². The second kappa shape index (κ2) is 7.70. The maximum absolute atomic E-state index is 12.2. The minimum atomic E-state index is -0.0847. The van der Waals surface area contributed by atoms with Gasteiger partial charge in [-0.25, -0.2) is 4.79 Å². The summed E-state index contributed by atoms with van der Waals surface area (Å²) >= 11 is 1.55. The summed E-state index contributed by atoms with van der Waals surface area (Å²) in [6.45, 7) is 0. The third kappa shape index (κ3) is 3.77. The van der Waals surface area contributed by atoms with E-state index >= 15 is 0 Å². The van der Waals surface area contributed by atoms with Crippen molar-refractivity contribution in [1.29, 1.82) is 0 Å². The number of rotatable bonds is 6. The summed E-state index contributed by atoms with van der Waals surface area (Å²) in [7, 11) is 5.10. The third-order valence-corrected chi connectivity index (χ3v) is 5.22. The van der Waals surface area contributed by atoms with Crippen LogP contribution < -0.4 is 15.7 Å². The number of aromatic nitrogens is 2. The zero-order chi connectivity index (χ0) is 18.7. The lowest BCUT2D eigenvalue weighted by atomic mass is 10.2. The molecule has 0 saturated carbocycles. The van der Waals surface area contributed by atoms with E-state index in [0.29, 0.717) is 11.4 Å². The Morgan fingerprint density at radius 1 is 1.08 bits per heavy atom. The number of carbonyl (C=O) groups is 1. The number of fused-ring (bicyclic) bond motifs is 1. The molecule has 7 heteroatoms. The Hall–Kier alpha value is -2.67. The molecule has 0 aliphatic rings. The first-order chi connectivity index (χ1) is 12.5. The van der Waals surface area contributed by atoms with Gasteiger partial charge in [-0.15, -0.1) is 11.8 Å². The summed E-state index contributed by atoms with van der Waals surface area (Å²) in [5.41, 5.74) is 3.38. The number of imidazole rings is 1. The summed E-state index contributed by atoms with van der Waals surface area (Å²) in [5.74, 6) is 1.87. The highest BCUT2D eigenvalue weighted by molar-refractivity contribution is 7.99. The van der Waals surface area contributed by atoms with E-state index in [1.165, 1.54) is 0 Å². The number of amides is 1. The number of ether oxygens (including phenoxy) is 1. The average molecular weight is 371 g/mol. The van der Waals surface area contributed by atoms with E-state index in [2.05, 4.69) is 5.32 Å². The van der Waals surface area contributed by atoms with Gasteiger partial charge in [0.15, 0.2) is 0 Å². The maximum Gasteiger partial charge on any atom is 0.328 e. The Labute approximate surface area is 155 Å². The van der Waals surface area contributed by atoms with Gasteiger partial charge in [0.2, 0.25) is 5.91 Å². The van der Waals surface area contributed by atoms with Crippen LogP contribution >= 0.6 is 11.8 Å². The molecule has 0 radical (unpaired) electrons. The molecule has 0 fully saturated rings. The summed E-state index contributed by atoms with van der Waals surface area (Å²) in [6, 6.07) is 13.3. The summed E-state index contributed by atoms with van der Waals surface area (Å²) in [6.07, 6.45) is 0. The van der Waals surface area contributed by atoms with Crippen LogP contribution in [-0.4, -0.2) is 27.9 Å². The lowest BCUT2D eigenvalue weighted by Crippen LogP contribution is -2.19. The van der Waals surface area contributed by atoms with E-state index in [-0.39, 0.29) is 11.6 Å². The van der Waals surface area contributed by atoms with Crippen LogP contribution in [0.2, 0.25) is 0 Å². The van der Waals surface area contributed by atoms with Crippen molar-refractivity contribution in [1.82, 2.24) is 9.13 Å². The fraction of sp³-hybridized carbons (Fsp3) is 0.263. The number of hydrogen-bond donors (Lipinski definition) is 1. The molecular formula is C19H21N3O3S. The lowest BCUT2D eigenvalue weighted by molar-refractivity contribution is -0.113. The number of aryl methyl sites for hydroxylation is 2. The number of nitrogens with one attached hydrogen (secondary N) is 1. The molecule has 1 N–H and O–H groups in total. The molecule has 136 valence electrons. The Bertz CT molecular complexity index is 990. The smallest absolute Gasteiger partial charge is 0.328 e. The highest BCUT2D eigenvalue weighted by Crippen LogP contribution is 2.19. The van der Waals surface area contributed by atoms with Crippen molar-refractivity contribution in [2.75, 3.05) is 18.2 Å². The normalized spacial score (nSPS) is 10.9. The molecule has 0 spiro atoms. The predicted molar refractivity (Wildman–Crippen MR) is 106 cm³/mol. The van der Waals surface area contributed by atoms with Gasteiger partial charge in [0, 0.05) is 25.5 Å². The van der Waals surface area contributed by atoms with Gasteiger partial charge in [-0.1, -0.05) is 12.1 Å². The number of nitrogens with zero attached hydrogens (tertiary/aromatic N) is 2. The highest BCUT2D eigenvalue weighted by Gasteiger charge is 2.09. The average Bonchev–Trinajstić information content (AvgIpc) is 2.86. The Balaban J connectivity index is 1.58. The van der Waals surface area contributed by atoms with E-state index < -0.39 is 0 Å². The molecule has 6 nitrogen and oxygen atoms in total. The van der Waals surface area contributed by atoms with Gasteiger partial charge in [0.1, 0.15) is 5.75 Å². The van der Waals surface area contributed by atoms with Crippen LogP contribution in [0.25, 0.3) is 11.0 Å². The van der Waals surface area contributed by atoms with Crippen LogP contribution in [0.4, 0.5) is 5.69 Å². The molecule has 0 saturated heterocycles. The molecule has 1 heterocycles. The van der Waals surface area contributed by atoms with Crippen LogP contribution in [0, 0.1) is 0 Å². The molecular weight excluding hydrogens is 350 g/mol. The van der Waals surface area contributed by atoms with Gasteiger partial charge in [0.25, 0.3) is 0 Å². The minimum absolute atomic E-state index is 0.0659. The van der Waals surface area contributed by atoms with Gasteiger partial charge >= 0.3 is 5.69 Å². The first-order valence-electron chi connectivity index (χ1n) is 8.15. The number of thioether (sulfide) groups is 1. The molecule has 1 amide bonds. The molecule has 26 heavy (non-hydrogen) atoms. The topological polar surface area (TPSA) is 65.3 Å². The lowest BCUT2D eigenvalue weighted by Gasteiger charge is -2.07. The molecule has 0 bridgehead atoms. The molecule has 1 aromatic heterocycles. The fourth-order valence-corrected chi connectivity index (χ4v) is 3.55. The Kier molecular flexibility index (Phi) is 5.37. The van der Waals surface area contributed by atoms with Crippen molar-refractivity contribution in [2.45, 2.75) is 5.75 Å². The minimum Gasteiger partial charge on any atom is -0.497 e. The Morgan fingerprint density at radius 3 is 2.46 bits per heavy atom. The van der Waals surface area contributed by atoms with E-state index in [4.69, 9.17) is 4.74 Å². The third-order valence-electron chi connectivity index (χ3n) is 4.22. The summed E-state index contributed by atoms with van der Waals surface area (Å²) in [4.78, 5) is 24.1. The predicted octanol–water partition coefficient (Wildman–Crippen LogP) is 2.76. The SMILES string of the molecule is COc1ccc(CSCC(=O)Nc2ccc3c(c2)n(C)c(=O)n3C)cc1. The zero-order valence-electron chi connectivity index (χ0n) is 15.0. The maximum atomic E-state index is 12.2.